The zero-order chi connectivity index (χ0) is 19.8. The van der Waals surface area contributed by atoms with Crippen molar-refractivity contribution in [3.05, 3.63) is 65.6 Å². The predicted octanol–water partition coefficient (Wildman–Crippen LogP) is 5.26. The Morgan fingerprint density at radius 2 is 2.00 bits per heavy atom. The van der Waals surface area contributed by atoms with Gasteiger partial charge >= 0.3 is 0 Å². The third kappa shape index (κ3) is 5.44. The number of thiazole rings is 1. The normalized spacial score (nSPS) is 10.8. The van der Waals surface area contributed by atoms with Gasteiger partial charge in [-0.15, -0.1) is 11.3 Å². The minimum atomic E-state index is -0.224. The number of hydrogen-bond acceptors (Lipinski definition) is 5. The van der Waals surface area contributed by atoms with Gasteiger partial charge in [-0.3, -0.25) is 10.1 Å². The summed E-state index contributed by atoms with van der Waals surface area (Å²) >= 11 is 1.38. The molecule has 1 aromatic heterocycles. The maximum absolute atomic E-state index is 12.2. The molecule has 1 N–H and O–H groups in total. The molecule has 3 rings (SSSR count). The Bertz CT molecular complexity index is 948. The molecule has 28 heavy (non-hydrogen) atoms. The van der Waals surface area contributed by atoms with E-state index in [1.807, 2.05) is 53.9 Å². The van der Waals surface area contributed by atoms with Crippen molar-refractivity contribution in [1.82, 2.24) is 4.98 Å². The fourth-order valence-electron chi connectivity index (χ4n) is 2.46. The second-order valence-electron chi connectivity index (χ2n) is 6.01. The van der Waals surface area contributed by atoms with Crippen LogP contribution in [-0.4, -0.2) is 24.6 Å². The summed E-state index contributed by atoms with van der Waals surface area (Å²) < 4.78 is 10.8. The van der Waals surface area contributed by atoms with E-state index in [4.69, 9.17) is 9.47 Å². The maximum Gasteiger partial charge on any atom is 0.250 e. The third-order valence-corrected chi connectivity index (χ3v) is 4.64. The van der Waals surface area contributed by atoms with Crippen molar-refractivity contribution in [2.45, 2.75) is 13.3 Å². The van der Waals surface area contributed by atoms with Gasteiger partial charge in [0.15, 0.2) is 5.13 Å². The molecule has 0 saturated heterocycles. The molecule has 0 aliphatic rings. The largest absolute Gasteiger partial charge is 0.497 e. The summed E-state index contributed by atoms with van der Waals surface area (Å²) in [7, 11) is 1.63. The van der Waals surface area contributed by atoms with E-state index in [-0.39, 0.29) is 5.91 Å². The van der Waals surface area contributed by atoms with E-state index < -0.39 is 0 Å². The summed E-state index contributed by atoms with van der Waals surface area (Å²) in [6, 6.07) is 15.3. The van der Waals surface area contributed by atoms with Crippen LogP contribution < -0.4 is 14.8 Å². The maximum atomic E-state index is 12.2. The zero-order valence-electron chi connectivity index (χ0n) is 15.8. The first-order chi connectivity index (χ1) is 13.7. The second kappa shape index (κ2) is 9.71. The summed E-state index contributed by atoms with van der Waals surface area (Å²) in [5.41, 5.74) is 2.66. The molecule has 0 saturated carbocycles. The van der Waals surface area contributed by atoms with Crippen molar-refractivity contribution in [3.8, 4) is 22.8 Å². The Morgan fingerprint density at radius 3 is 2.75 bits per heavy atom. The predicted molar refractivity (Wildman–Crippen MR) is 114 cm³/mol. The van der Waals surface area contributed by atoms with Crippen molar-refractivity contribution in [2.75, 3.05) is 19.0 Å². The van der Waals surface area contributed by atoms with Crippen LogP contribution >= 0.6 is 11.3 Å². The molecule has 0 aliphatic heterocycles. The number of methoxy groups -OCH3 is 1. The van der Waals surface area contributed by atoms with E-state index >= 15 is 0 Å². The van der Waals surface area contributed by atoms with Crippen LogP contribution in [0, 0.1) is 0 Å². The molecule has 0 fully saturated rings. The lowest BCUT2D eigenvalue weighted by atomic mass is 10.2. The lowest BCUT2D eigenvalue weighted by Crippen LogP contribution is -2.07. The van der Waals surface area contributed by atoms with E-state index in [9.17, 15) is 4.79 Å². The highest BCUT2D eigenvalue weighted by Crippen LogP contribution is 2.27. The lowest BCUT2D eigenvalue weighted by Gasteiger charge is -2.04. The first-order valence-corrected chi connectivity index (χ1v) is 9.88. The Balaban J connectivity index is 1.59. The summed E-state index contributed by atoms with van der Waals surface area (Å²) in [4.78, 5) is 16.6. The number of nitrogens with one attached hydrogen (secondary N) is 1. The molecule has 0 atom stereocenters. The lowest BCUT2D eigenvalue weighted by molar-refractivity contribution is -0.111. The van der Waals surface area contributed by atoms with Gasteiger partial charge in [0.05, 0.1) is 19.4 Å². The average Bonchev–Trinajstić information content (AvgIpc) is 3.20. The smallest absolute Gasteiger partial charge is 0.250 e. The second-order valence-corrected chi connectivity index (χ2v) is 6.87. The van der Waals surface area contributed by atoms with Crippen LogP contribution in [0.1, 0.15) is 18.9 Å². The summed E-state index contributed by atoms with van der Waals surface area (Å²) in [5.74, 6) is 1.37. The molecule has 0 unspecified atom stereocenters. The Kier molecular flexibility index (Phi) is 6.81. The topological polar surface area (TPSA) is 60.5 Å². The number of benzene rings is 2. The standard InChI is InChI=1S/C22H22N2O3S/c1-3-13-27-18-10-7-16(8-11-18)9-12-21(25)24-22-23-20(15-28-22)17-5-4-6-19(14-17)26-2/h4-12,14-15H,3,13H2,1-2H3,(H,23,24,25)/b12-9+. The number of nitrogens with zero attached hydrogens (tertiary/aromatic N) is 1. The Morgan fingerprint density at radius 1 is 1.18 bits per heavy atom. The van der Waals surface area contributed by atoms with Crippen LogP contribution in [0.25, 0.3) is 17.3 Å². The van der Waals surface area contributed by atoms with Crippen molar-refractivity contribution in [3.63, 3.8) is 0 Å². The molecule has 5 nitrogen and oxygen atoms in total. The molecule has 6 heteroatoms. The number of carbonyl (C=O) groups is 1. The van der Waals surface area contributed by atoms with E-state index in [2.05, 4.69) is 17.2 Å². The fourth-order valence-corrected chi connectivity index (χ4v) is 3.18. The molecular weight excluding hydrogens is 372 g/mol. The highest BCUT2D eigenvalue weighted by molar-refractivity contribution is 7.14. The van der Waals surface area contributed by atoms with Gasteiger partial charge in [0, 0.05) is 17.0 Å². The van der Waals surface area contributed by atoms with Crippen LogP contribution in [0.5, 0.6) is 11.5 Å². The summed E-state index contributed by atoms with van der Waals surface area (Å²) in [6.07, 6.45) is 4.22. The van der Waals surface area contributed by atoms with E-state index in [0.29, 0.717) is 11.7 Å². The van der Waals surface area contributed by atoms with Crippen LogP contribution in [-0.2, 0) is 4.79 Å². The molecule has 2 aromatic carbocycles. The van der Waals surface area contributed by atoms with Gasteiger partial charge in [-0.25, -0.2) is 4.98 Å². The molecule has 144 valence electrons. The van der Waals surface area contributed by atoms with Gasteiger partial charge in [0.2, 0.25) is 5.91 Å². The van der Waals surface area contributed by atoms with Gasteiger partial charge in [0.25, 0.3) is 0 Å². The summed E-state index contributed by atoms with van der Waals surface area (Å²) in [5, 5.41) is 5.25. The molecule has 3 aromatic rings. The number of rotatable bonds is 8. The van der Waals surface area contributed by atoms with Gasteiger partial charge in [-0.2, -0.15) is 0 Å². The molecule has 1 amide bonds. The molecule has 0 radical (unpaired) electrons. The van der Waals surface area contributed by atoms with Crippen LogP contribution in [0.3, 0.4) is 0 Å². The Hall–Kier alpha value is -3.12. The minimum Gasteiger partial charge on any atom is -0.497 e. The van der Waals surface area contributed by atoms with Gasteiger partial charge in [-0.1, -0.05) is 31.2 Å². The highest BCUT2D eigenvalue weighted by atomic mass is 32.1. The molecular formula is C22H22N2O3S. The fraction of sp³-hybridized carbons (Fsp3) is 0.182. The number of carbonyl (C=O) groups excluding carboxylic acids is 1. The van der Waals surface area contributed by atoms with Crippen LogP contribution in [0.15, 0.2) is 60.0 Å². The SMILES string of the molecule is CCCOc1ccc(/C=C/C(=O)Nc2nc(-c3cccc(OC)c3)cs2)cc1. The van der Waals surface area contributed by atoms with Crippen molar-refractivity contribution in [1.29, 1.82) is 0 Å². The number of aromatic nitrogens is 1. The van der Waals surface area contributed by atoms with Crippen molar-refractivity contribution < 1.29 is 14.3 Å². The summed E-state index contributed by atoms with van der Waals surface area (Å²) in [6.45, 7) is 2.76. The number of anilines is 1. The monoisotopic (exact) mass is 394 g/mol. The number of hydrogen-bond donors (Lipinski definition) is 1. The van der Waals surface area contributed by atoms with Crippen molar-refractivity contribution >= 4 is 28.5 Å². The number of amides is 1. The minimum absolute atomic E-state index is 0.224. The number of ether oxygens (including phenoxy) is 2. The Labute approximate surface area is 168 Å². The molecule has 0 spiro atoms. The van der Waals surface area contributed by atoms with Crippen molar-refractivity contribution in [2.24, 2.45) is 0 Å². The molecule has 0 aliphatic carbocycles. The third-order valence-electron chi connectivity index (χ3n) is 3.88. The molecule has 0 bridgehead atoms. The zero-order valence-corrected chi connectivity index (χ0v) is 16.7. The van der Waals surface area contributed by atoms with E-state index in [1.54, 1.807) is 13.2 Å². The van der Waals surface area contributed by atoms with E-state index in [0.717, 1.165) is 34.7 Å². The van der Waals surface area contributed by atoms with Gasteiger partial charge in [-0.05, 0) is 42.3 Å². The van der Waals surface area contributed by atoms with Crippen LogP contribution in [0.2, 0.25) is 0 Å². The average molecular weight is 394 g/mol. The first kappa shape index (κ1) is 19.6. The van der Waals surface area contributed by atoms with Crippen LogP contribution in [0.4, 0.5) is 5.13 Å². The molecule has 1 heterocycles. The van der Waals surface area contributed by atoms with Gasteiger partial charge < -0.3 is 9.47 Å². The highest BCUT2D eigenvalue weighted by Gasteiger charge is 2.07. The van der Waals surface area contributed by atoms with Gasteiger partial charge in [0.1, 0.15) is 11.5 Å². The quantitative estimate of drug-likeness (QED) is 0.530. The first-order valence-electron chi connectivity index (χ1n) is 9.00. The van der Waals surface area contributed by atoms with E-state index in [1.165, 1.54) is 17.4 Å².